The first kappa shape index (κ1) is 12.8. The third-order valence-electron chi connectivity index (χ3n) is 3.24. The Morgan fingerprint density at radius 1 is 1.20 bits per heavy atom. The van der Waals surface area contributed by atoms with E-state index < -0.39 is 0 Å². The van der Waals surface area contributed by atoms with Crippen LogP contribution >= 0.6 is 11.3 Å². The van der Waals surface area contributed by atoms with Gasteiger partial charge in [0.2, 0.25) is 0 Å². The van der Waals surface area contributed by atoms with Gasteiger partial charge in [-0.05, 0) is 18.6 Å². The molecule has 1 aromatic carbocycles. The topological polar surface area (TPSA) is 39.2 Å². The summed E-state index contributed by atoms with van der Waals surface area (Å²) < 4.78 is 5.81. The van der Waals surface area contributed by atoms with Crippen LogP contribution < -0.4 is 0 Å². The molecule has 4 heteroatoms. The number of rotatable bonds is 2. The molecule has 20 heavy (non-hydrogen) atoms. The molecule has 0 aliphatic heterocycles. The summed E-state index contributed by atoms with van der Waals surface area (Å²) in [4.78, 5) is 16.8. The van der Waals surface area contributed by atoms with Gasteiger partial charge in [0, 0.05) is 17.3 Å². The average Bonchev–Trinajstić information content (AvgIpc) is 2.84. The van der Waals surface area contributed by atoms with Crippen molar-refractivity contribution >= 4 is 27.5 Å². The van der Waals surface area contributed by atoms with Crippen LogP contribution in [-0.2, 0) is 4.74 Å². The highest BCUT2D eigenvalue weighted by molar-refractivity contribution is 7.21. The van der Waals surface area contributed by atoms with Crippen LogP contribution in [0, 0.1) is 6.92 Å². The Morgan fingerprint density at radius 3 is 2.65 bits per heavy atom. The number of esters is 1. The van der Waals surface area contributed by atoms with E-state index in [0.29, 0.717) is 4.88 Å². The molecule has 0 amide bonds. The van der Waals surface area contributed by atoms with Crippen molar-refractivity contribution in [3.63, 3.8) is 0 Å². The largest absolute Gasteiger partial charge is 0.465 e. The molecule has 0 aliphatic carbocycles. The van der Waals surface area contributed by atoms with Crippen molar-refractivity contribution in [3.05, 3.63) is 53.0 Å². The van der Waals surface area contributed by atoms with Crippen LogP contribution in [0.2, 0.25) is 0 Å². The number of methoxy groups -OCH3 is 1. The third-order valence-corrected chi connectivity index (χ3v) is 4.45. The Kier molecular flexibility index (Phi) is 3.24. The van der Waals surface area contributed by atoms with Gasteiger partial charge in [-0.15, -0.1) is 11.3 Å². The van der Waals surface area contributed by atoms with E-state index >= 15 is 0 Å². The lowest BCUT2D eigenvalue weighted by Crippen LogP contribution is -1.99. The van der Waals surface area contributed by atoms with E-state index in [1.54, 1.807) is 0 Å². The molecular weight excluding hydrogens is 270 g/mol. The highest BCUT2D eigenvalue weighted by Crippen LogP contribution is 2.32. The summed E-state index contributed by atoms with van der Waals surface area (Å²) in [7, 11) is 1.40. The number of thiophene rings is 1. The number of carbonyl (C=O) groups is 1. The fraction of sp³-hybridized carbons (Fsp3) is 0.125. The number of aryl methyl sites for hydroxylation is 1. The van der Waals surface area contributed by atoms with Crippen molar-refractivity contribution in [1.29, 1.82) is 0 Å². The van der Waals surface area contributed by atoms with Gasteiger partial charge in [-0.1, -0.05) is 30.3 Å². The molecule has 0 aliphatic rings. The molecule has 3 rings (SSSR count). The number of hydrogen-bond acceptors (Lipinski definition) is 4. The molecule has 0 bridgehead atoms. The van der Waals surface area contributed by atoms with E-state index in [1.807, 2.05) is 43.5 Å². The van der Waals surface area contributed by atoms with Crippen molar-refractivity contribution in [2.45, 2.75) is 6.92 Å². The molecule has 0 radical (unpaired) electrons. The van der Waals surface area contributed by atoms with Gasteiger partial charge in [0.1, 0.15) is 4.88 Å². The van der Waals surface area contributed by atoms with Gasteiger partial charge < -0.3 is 4.74 Å². The fourth-order valence-corrected chi connectivity index (χ4v) is 3.30. The van der Waals surface area contributed by atoms with Gasteiger partial charge in [-0.25, -0.2) is 4.79 Å². The minimum absolute atomic E-state index is 0.299. The Balaban J connectivity index is 2.15. The summed E-state index contributed by atoms with van der Waals surface area (Å²) in [6, 6.07) is 12.1. The zero-order chi connectivity index (χ0) is 14.1. The van der Waals surface area contributed by atoms with Gasteiger partial charge in [0.25, 0.3) is 0 Å². The van der Waals surface area contributed by atoms with Crippen LogP contribution in [0.15, 0.2) is 42.6 Å². The minimum Gasteiger partial charge on any atom is -0.465 e. The Hall–Kier alpha value is -2.20. The maximum absolute atomic E-state index is 11.7. The number of aromatic nitrogens is 1. The molecule has 100 valence electrons. The highest BCUT2D eigenvalue weighted by Gasteiger charge is 2.17. The fourth-order valence-electron chi connectivity index (χ4n) is 2.17. The average molecular weight is 283 g/mol. The predicted octanol–water partition coefficient (Wildman–Crippen LogP) is 4.06. The Bertz CT molecular complexity index is 778. The second kappa shape index (κ2) is 5.06. The molecule has 0 saturated carbocycles. The summed E-state index contributed by atoms with van der Waals surface area (Å²) in [5, 5.41) is 0. The minimum atomic E-state index is -0.299. The first-order valence-corrected chi connectivity index (χ1v) is 7.05. The Labute approximate surface area is 120 Å². The van der Waals surface area contributed by atoms with Crippen LogP contribution in [0.3, 0.4) is 0 Å². The number of hydrogen-bond donors (Lipinski definition) is 0. The monoisotopic (exact) mass is 283 g/mol. The molecule has 0 fully saturated rings. The zero-order valence-electron chi connectivity index (χ0n) is 11.2. The number of pyridine rings is 1. The second-order valence-electron chi connectivity index (χ2n) is 4.48. The standard InChI is InChI=1S/C16H13NO2S/c1-10-14-13(20-15(10)16(18)19-2)8-12(9-17-14)11-6-4-3-5-7-11/h3-9H,1-2H3. The maximum atomic E-state index is 11.7. The van der Waals surface area contributed by atoms with Crippen molar-refractivity contribution in [3.8, 4) is 11.1 Å². The van der Waals surface area contributed by atoms with Crippen LogP contribution in [-0.4, -0.2) is 18.1 Å². The molecule has 2 aromatic heterocycles. The smallest absolute Gasteiger partial charge is 0.348 e. The zero-order valence-corrected chi connectivity index (χ0v) is 12.0. The Morgan fingerprint density at radius 2 is 1.95 bits per heavy atom. The number of carbonyl (C=O) groups excluding carboxylic acids is 1. The van der Waals surface area contributed by atoms with Crippen molar-refractivity contribution < 1.29 is 9.53 Å². The lowest BCUT2D eigenvalue weighted by atomic mass is 10.1. The maximum Gasteiger partial charge on any atom is 0.348 e. The van der Waals surface area contributed by atoms with E-state index in [0.717, 1.165) is 26.9 Å². The van der Waals surface area contributed by atoms with Gasteiger partial charge >= 0.3 is 5.97 Å². The molecule has 0 N–H and O–H groups in total. The second-order valence-corrected chi connectivity index (χ2v) is 5.54. The lowest BCUT2D eigenvalue weighted by molar-refractivity contribution is 0.0605. The molecule has 2 heterocycles. The summed E-state index contributed by atoms with van der Waals surface area (Å²) in [5.41, 5.74) is 3.93. The van der Waals surface area contributed by atoms with Crippen molar-refractivity contribution in [2.75, 3.05) is 7.11 Å². The molecule has 0 saturated heterocycles. The van der Waals surface area contributed by atoms with Crippen LogP contribution in [0.1, 0.15) is 15.2 Å². The third kappa shape index (κ3) is 2.08. The molecule has 3 nitrogen and oxygen atoms in total. The quantitative estimate of drug-likeness (QED) is 0.666. The van der Waals surface area contributed by atoms with E-state index in [2.05, 4.69) is 11.1 Å². The van der Waals surface area contributed by atoms with E-state index in [1.165, 1.54) is 18.4 Å². The van der Waals surface area contributed by atoms with Gasteiger partial charge in [-0.2, -0.15) is 0 Å². The van der Waals surface area contributed by atoms with Gasteiger partial charge in [0.05, 0.1) is 17.3 Å². The van der Waals surface area contributed by atoms with Gasteiger partial charge in [0.15, 0.2) is 0 Å². The first-order valence-electron chi connectivity index (χ1n) is 6.23. The molecule has 0 unspecified atom stereocenters. The molecule has 0 spiro atoms. The van der Waals surface area contributed by atoms with Crippen LogP contribution in [0.4, 0.5) is 0 Å². The molecule has 3 aromatic rings. The summed E-state index contributed by atoms with van der Waals surface area (Å²) in [6.07, 6.45) is 1.85. The number of nitrogens with zero attached hydrogens (tertiary/aromatic N) is 1. The molecule has 0 atom stereocenters. The van der Waals surface area contributed by atoms with Crippen molar-refractivity contribution in [1.82, 2.24) is 4.98 Å². The number of benzene rings is 1. The van der Waals surface area contributed by atoms with E-state index in [4.69, 9.17) is 4.74 Å². The predicted molar refractivity (Wildman–Crippen MR) is 81.1 cm³/mol. The summed E-state index contributed by atoms with van der Waals surface area (Å²) in [6.45, 7) is 1.90. The molecular formula is C16H13NO2S. The normalized spacial score (nSPS) is 10.7. The lowest BCUT2D eigenvalue weighted by Gasteiger charge is -2.00. The first-order chi connectivity index (χ1) is 9.70. The van der Waals surface area contributed by atoms with E-state index in [-0.39, 0.29) is 5.97 Å². The SMILES string of the molecule is COC(=O)c1sc2cc(-c3ccccc3)cnc2c1C. The van der Waals surface area contributed by atoms with Gasteiger partial charge in [-0.3, -0.25) is 4.98 Å². The van der Waals surface area contributed by atoms with Crippen molar-refractivity contribution in [2.24, 2.45) is 0 Å². The van der Waals surface area contributed by atoms with E-state index in [9.17, 15) is 4.79 Å². The number of ether oxygens (including phenoxy) is 1. The van der Waals surface area contributed by atoms with Crippen LogP contribution in [0.5, 0.6) is 0 Å². The van der Waals surface area contributed by atoms with Crippen LogP contribution in [0.25, 0.3) is 21.3 Å². The summed E-state index contributed by atoms with van der Waals surface area (Å²) in [5.74, 6) is -0.299. The summed E-state index contributed by atoms with van der Waals surface area (Å²) >= 11 is 1.43. The number of fused-ring (bicyclic) bond motifs is 1. The highest BCUT2D eigenvalue weighted by atomic mass is 32.1.